The third kappa shape index (κ3) is 2.40. The van der Waals surface area contributed by atoms with Crippen LogP contribution in [0.1, 0.15) is 36.1 Å². The number of rotatable bonds is 2. The van der Waals surface area contributed by atoms with E-state index in [1.807, 2.05) is 41.2 Å². The Morgan fingerprint density at radius 1 is 1.00 bits per heavy atom. The van der Waals surface area contributed by atoms with Crippen molar-refractivity contribution in [2.24, 2.45) is 5.41 Å². The van der Waals surface area contributed by atoms with Crippen LogP contribution >= 0.6 is 0 Å². The van der Waals surface area contributed by atoms with Crippen LogP contribution in [0.15, 0.2) is 66.9 Å². The SMILES string of the molecule is O[C@@]1(c2ccccc2)CCC[C@]12C=Cc1c(cnn1-c1ccc(F)cc1)C2. The average Bonchev–Trinajstić information content (AvgIpc) is 3.25. The van der Waals surface area contributed by atoms with Crippen LogP contribution < -0.4 is 0 Å². The maximum absolute atomic E-state index is 13.2. The maximum Gasteiger partial charge on any atom is 0.123 e. The minimum Gasteiger partial charge on any atom is -0.384 e. The molecule has 1 N–H and O–H groups in total. The molecule has 5 rings (SSSR count). The second-order valence-electron chi connectivity index (χ2n) is 7.69. The summed E-state index contributed by atoms with van der Waals surface area (Å²) in [6, 6.07) is 16.4. The lowest BCUT2D eigenvalue weighted by Gasteiger charge is -2.42. The molecule has 1 aromatic heterocycles. The first-order valence-electron chi connectivity index (χ1n) is 9.41. The van der Waals surface area contributed by atoms with Crippen LogP contribution in [0, 0.1) is 11.2 Å². The highest BCUT2D eigenvalue weighted by atomic mass is 19.1. The summed E-state index contributed by atoms with van der Waals surface area (Å²) in [6.45, 7) is 0. The molecule has 2 aromatic carbocycles. The number of halogens is 1. The molecule has 2 aliphatic carbocycles. The Balaban J connectivity index is 1.56. The van der Waals surface area contributed by atoms with Gasteiger partial charge in [0.05, 0.1) is 23.2 Å². The normalized spacial score (nSPS) is 26.4. The molecule has 136 valence electrons. The topological polar surface area (TPSA) is 38.1 Å². The Labute approximate surface area is 157 Å². The van der Waals surface area contributed by atoms with E-state index in [4.69, 9.17) is 0 Å². The van der Waals surface area contributed by atoms with Gasteiger partial charge in [0, 0.05) is 5.41 Å². The van der Waals surface area contributed by atoms with Gasteiger partial charge in [-0.3, -0.25) is 0 Å². The Hall–Kier alpha value is -2.72. The smallest absolute Gasteiger partial charge is 0.123 e. The highest BCUT2D eigenvalue weighted by Crippen LogP contribution is 2.57. The fraction of sp³-hybridized carbons (Fsp3) is 0.261. The van der Waals surface area contributed by atoms with E-state index in [9.17, 15) is 9.50 Å². The molecule has 27 heavy (non-hydrogen) atoms. The van der Waals surface area contributed by atoms with E-state index in [1.54, 1.807) is 12.1 Å². The molecule has 0 radical (unpaired) electrons. The van der Waals surface area contributed by atoms with Crippen molar-refractivity contribution in [1.29, 1.82) is 0 Å². The Morgan fingerprint density at radius 3 is 2.56 bits per heavy atom. The Kier molecular flexibility index (Phi) is 3.59. The van der Waals surface area contributed by atoms with Gasteiger partial charge in [-0.15, -0.1) is 0 Å². The van der Waals surface area contributed by atoms with E-state index in [0.717, 1.165) is 48.2 Å². The fourth-order valence-electron chi connectivity index (χ4n) is 4.85. The van der Waals surface area contributed by atoms with Crippen LogP contribution in [0.5, 0.6) is 0 Å². The van der Waals surface area contributed by atoms with Crippen LogP contribution in [-0.2, 0) is 12.0 Å². The fourth-order valence-corrected chi connectivity index (χ4v) is 4.85. The zero-order chi connectivity index (χ0) is 18.5. The molecule has 0 bridgehead atoms. The van der Waals surface area contributed by atoms with Gasteiger partial charge in [0.15, 0.2) is 0 Å². The first kappa shape index (κ1) is 16.5. The summed E-state index contributed by atoms with van der Waals surface area (Å²) in [7, 11) is 0. The molecule has 3 aromatic rings. The molecule has 3 nitrogen and oxygen atoms in total. The number of hydrogen-bond acceptors (Lipinski definition) is 2. The molecule has 1 spiro atoms. The van der Waals surface area contributed by atoms with Crippen molar-refractivity contribution in [2.45, 2.75) is 31.3 Å². The van der Waals surface area contributed by atoms with Crippen molar-refractivity contribution in [3.63, 3.8) is 0 Å². The number of nitrogens with zero attached hydrogens (tertiary/aromatic N) is 2. The minimum atomic E-state index is -0.861. The van der Waals surface area contributed by atoms with Gasteiger partial charge in [-0.25, -0.2) is 9.07 Å². The lowest BCUT2D eigenvalue weighted by atomic mass is 9.65. The van der Waals surface area contributed by atoms with E-state index < -0.39 is 5.60 Å². The third-order valence-electron chi connectivity index (χ3n) is 6.26. The van der Waals surface area contributed by atoms with E-state index >= 15 is 0 Å². The highest BCUT2D eigenvalue weighted by molar-refractivity contribution is 5.58. The standard InChI is InChI=1S/C23H21FN2O/c24-19-7-9-20(10-8-19)26-21-11-14-22(15-17(21)16-25-26)12-4-13-23(22,27)18-5-2-1-3-6-18/h1-3,5-11,14,16,27H,4,12-13,15H2/t22-,23-/m1/s1. The van der Waals surface area contributed by atoms with Crippen LogP contribution in [0.2, 0.25) is 0 Å². The summed E-state index contributed by atoms with van der Waals surface area (Å²) < 4.78 is 15.1. The van der Waals surface area contributed by atoms with Crippen molar-refractivity contribution < 1.29 is 9.50 Å². The van der Waals surface area contributed by atoms with Crippen molar-refractivity contribution in [3.8, 4) is 5.69 Å². The molecule has 0 aliphatic heterocycles. The van der Waals surface area contributed by atoms with E-state index in [-0.39, 0.29) is 11.2 Å². The predicted molar refractivity (Wildman–Crippen MR) is 103 cm³/mol. The van der Waals surface area contributed by atoms with E-state index in [0.29, 0.717) is 0 Å². The second-order valence-corrected chi connectivity index (χ2v) is 7.69. The zero-order valence-electron chi connectivity index (χ0n) is 15.0. The van der Waals surface area contributed by atoms with Crippen molar-refractivity contribution in [2.75, 3.05) is 0 Å². The van der Waals surface area contributed by atoms with Gasteiger partial charge in [0.2, 0.25) is 0 Å². The van der Waals surface area contributed by atoms with Gasteiger partial charge >= 0.3 is 0 Å². The molecule has 4 heteroatoms. The number of fused-ring (bicyclic) bond motifs is 1. The van der Waals surface area contributed by atoms with Gasteiger partial charge in [-0.2, -0.15) is 5.10 Å². The monoisotopic (exact) mass is 360 g/mol. The summed E-state index contributed by atoms with van der Waals surface area (Å²) in [5.41, 5.74) is 2.79. The molecule has 1 fully saturated rings. The van der Waals surface area contributed by atoms with Gasteiger partial charge in [0.25, 0.3) is 0 Å². The lowest BCUT2D eigenvalue weighted by molar-refractivity contribution is -0.0423. The number of hydrogen-bond donors (Lipinski definition) is 1. The maximum atomic E-state index is 13.2. The van der Waals surface area contributed by atoms with Crippen LogP contribution in [0.4, 0.5) is 4.39 Å². The summed E-state index contributed by atoms with van der Waals surface area (Å²) in [4.78, 5) is 0. The highest BCUT2D eigenvalue weighted by Gasteiger charge is 2.54. The first-order valence-corrected chi connectivity index (χ1v) is 9.41. The molecule has 1 saturated carbocycles. The number of benzene rings is 2. The first-order chi connectivity index (χ1) is 13.1. The summed E-state index contributed by atoms with van der Waals surface area (Å²) in [5.74, 6) is -0.256. The summed E-state index contributed by atoms with van der Waals surface area (Å²) >= 11 is 0. The molecular weight excluding hydrogens is 339 g/mol. The Bertz CT molecular complexity index is 1010. The van der Waals surface area contributed by atoms with Gasteiger partial charge in [-0.1, -0.05) is 36.4 Å². The average molecular weight is 360 g/mol. The second kappa shape index (κ2) is 5.89. The van der Waals surface area contributed by atoms with Crippen molar-refractivity contribution >= 4 is 6.08 Å². The molecule has 2 aliphatic rings. The minimum absolute atomic E-state index is 0.256. The lowest BCUT2D eigenvalue weighted by Crippen LogP contribution is -2.42. The van der Waals surface area contributed by atoms with E-state index in [2.05, 4.69) is 17.3 Å². The van der Waals surface area contributed by atoms with Crippen LogP contribution in [0.3, 0.4) is 0 Å². The predicted octanol–water partition coefficient (Wildman–Crippen LogP) is 4.64. The van der Waals surface area contributed by atoms with E-state index in [1.165, 1.54) is 12.1 Å². The van der Waals surface area contributed by atoms with Crippen molar-refractivity contribution in [1.82, 2.24) is 9.78 Å². The van der Waals surface area contributed by atoms with Gasteiger partial charge in [0.1, 0.15) is 5.82 Å². The van der Waals surface area contributed by atoms with Gasteiger partial charge in [-0.05, 0) is 67.2 Å². The molecule has 1 heterocycles. The molecule has 0 amide bonds. The third-order valence-corrected chi connectivity index (χ3v) is 6.26. The molecule has 0 unspecified atom stereocenters. The zero-order valence-corrected chi connectivity index (χ0v) is 15.0. The summed E-state index contributed by atoms with van der Waals surface area (Å²) in [5, 5.41) is 16.2. The summed E-state index contributed by atoms with van der Waals surface area (Å²) in [6.07, 6.45) is 9.61. The van der Waals surface area contributed by atoms with Crippen LogP contribution in [0.25, 0.3) is 11.8 Å². The van der Waals surface area contributed by atoms with Crippen LogP contribution in [-0.4, -0.2) is 14.9 Å². The van der Waals surface area contributed by atoms with Gasteiger partial charge < -0.3 is 5.11 Å². The molecule has 0 saturated heterocycles. The quantitative estimate of drug-likeness (QED) is 0.723. The number of aromatic nitrogens is 2. The number of aliphatic hydroxyl groups is 1. The largest absolute Gasteiger partial charge is 0.384 e. The Morgan fingerprint density at radius 2 is 1.78 bits per heavy atom. The molecular formula is C23H21FN2O. The van der Waals surface area contributed by atoms with Crippen molar-refractivity contribution in [3.05, 3.63) is 89.5 Å². The molecule has 2 atom stereocenters.